The van der Waals surface area contributed by atoms with Gasteiger partial charge in [-0.3, -0.25) is 4.79 Å². The minimum atomic E-state index is 0.132. The van der Waals surface area contributed by atoms with E-state index in [1.807, 2.05) is 0 Å². The minimum Gasteiger partial charge on any atom is -0.354 e. The van der Waals surface area contributed by atoms with Gasteiger partial charge < -0.3 is 5.32 Å². The summed E-state index contributed by atoms with van der Waals surface area (Å²) in [7, 11) is 0. The van der Waals surface area contributed by atoms with Crippen molar-refractivity contribution in [3.63, 3.8) is 0 Å². The molecule has 0 bridgehead atoms. The largest absolute Gasteiger partial charge is 0.354 e. The molecule has 0 aromatic carbocycles. The molecule has 1 aliphatic rings. The van der Waals surface area contributed by atoms with Crippen LogP contribution in [0.1, 0.15) is 78.1 Å². The Labute approximate surface area is 107 Å². The van der Waals surface area contributed by atoms with Gasteiger partial charge in [0.15, 0.2) is 0 Å². The highest BCUT2D eigenvalue weighted by molar-refractivity contribution is 5.73. The Kier molecular flexibility index (Phi) is 7.30. The molecular weight excluding hydrogens is 210 g/mol. The number of carbonyl (C=O) groups is 1. The summed E-state index contributed by atoms with van der Waals surface area (Å²) in [5.41, 5.74) is 0. The fraction of sp³-hybridized carbons (Fsp3) is 0.933. The van der Waals surface area contributed by atoms with Crippen LogP contribution in [0.3, 0.4) is 0 Å². The van der Waals surface area contributed by atoms with Crippen LogP contribution in [0.2, 0.25) is 0 Å². The molecule has 1 N–H and O–H groups in total. The van der Waals surface area contributed by atoms with Gasteiger partial charge in [-0.15, -0.1) is 0 Å². The van der Waals surface area contributed by atoms with E-state index in [2.05, 4.69) is 12.2 Å². The topological polar surface area (TPSA) is 29.1 Å². The van der Waals surface area contributed by atoms with E-state index in [0.717, 1.165) is 5.92 Å². The van der Waals surface area contributed by atoms with Gasteiger partial charge in [-0.25, -0.2) is 0 Å². The maximum atomic E-state index is 11.0. The van der Waals surface area contributed by atoms with E-state index in [1.54, 1.807) is 6.92 Å². The molecule has 0 aromatic rings. The Morgan fingerprint density at radius 3 is 2.29 bits per heavy atom. The zero-order valence-electron chi connectivity index (χ0n) is 11.6. The highest BCUT2D eigenvalue weighted by Gasteiger charge is 2.20. The van der Waals surface area contributed by atoms with Crippen molar-refractivity contribution in [3.05, 3.63) is 0 Å². The van der Waals surface area contributed by atoms with Crippen LogP contribution in [0.4, 0.5) is 0 Å². The molecule has 0 spiro atoms. The lowest BCUT2D eigenvalue weighted by Crippen LogP contribution is -2.36. The molecule has 1 fully saturated rings. The van der Waals surface area contributed by atoms with Gasteiger partial charge in [0.1, 0.15) is 0 Å². The predicted molar refractivity (Wildman–Crippen MR) is 72.9 cm³/mol. The third kappa shape index (κ3) is 6.70. The quantitative estimate of drug-likeness (QED) is 0.667. The van der Waals surface area contributed by atoms with Crippen LogP contribution in [-0.2, 0) is 4.79 Å². The van der Waals surface area contributed by atoms with Crippen LogP contribution in [-0.4, -0.2) is 11.9 Å². The number of nitrogens with one attached hydrogen (secondary N) is 1. The molecule has 0 radical (unpaired) electrons. The van der Waals surface area contributed by atoms with Crippen molar-refractivity contribution in [2.45, 2.75) is 84.1 Å². The molecule has 1 aliphatic carbocycles. The van der Waals surface area contributed by atoms with Gasteiger partial charge in [-0.05, 0) is 31.6 Å². The molecule has 0 heterocycles. The molecule has 1 amide bonds. The number of rotatable bonds is 7. The van der Waals surface area contributed by atoms with Crippen molar-refractivity contribution in [2.24, 2.45) is 5.92 Å². The zero-order chi connectivity index (χ0) is 12.5. The number of amides is 1. The Morgan fingerprint density at radius 1 is 1.06 bits per heavy atom. The molecule has 1 saturated carbocycles. The van der Waals surface area contributed by atoms with Crippen molar-refractivity contribution in [2.75, 3.05) is 0 Å². The van der Waals surface area contributed by atoms with E-state index in [0.29, 0.717) is 6.04 Å². The van der Waals surface area contributed by atoms with Crippen molar-refractivity contribution in [1.29, 1.82) is 0 Å². The predicted octanol–water partition coefficient (Wildman–Crippen LogP) is 4.04. The smallest absolute Gasteiger partial charge is 0.217 e. The number of hydrogen-bond acceptors (Lipinski definition) is 1. The number of unbranched alkanes of at least 4 members (excludes halogenated alkanes) is 4. The van der Waals surface area contributed by atoms with Gasteiger partial charge in [0.05, 0.1) is 0 Å². The molecule has 2 nitrogen and oxygen atoms in total. The van der Waals surface area contributed by atoms with Crippen molar-refractivity contribution < 1.29 is 4.79 Å². The number of hydrogen-bond donors (Lipinski definition) is 1. The standard InChI is InChI=1S/C15H29NO/c1-3-4-5-6-7-8-14-9-11-15(12-10-14)16-13(2)17/h14-15H,3-12H2,1-2H3,(H,16,17). The molecule has 100 valence electrons. The molecular formula is C15H29NO. The van der Waals surface area contributed by atoms with Gasteiger partial charge in [0, 0.05) is 13.0 Å². The first-order valence-electron chi connectivity index (χ1n) is 7.49. The summed E-state index contributed by atoms with van der Waals surface area (Å²) in [5, 5.41) is 3.05. The fourth-order valence-electron chi connectivity index (χ4n) is 2.92. The van der Waals surface area contributed by atoms with Gasteiger partial charge in [-0.1, -0.05) is 45.4 Å². The van der Waals surface area contributed by atoms with Crippen LogP contribution in [0.25, 0.3) is 0 Å². The van der Waals surface area contributed by atoms with Crippen molar-refractivity contribution >= 4 is 5.91 Å². The van der Waals surface area contributed by atoms with E-state index >= 15 is 0 Å². The van der Waals surface area contributed by atoms with Crippen LogP contribution in [0.15, 0.2) is 0 Å². The first kappa shape index (κ1) is 14.5. The highest BCUT2D eigenvalue weighted by Crippen LogP contribution is 2.28. The normalized spacial score (nSPS) is 24.6. The monoisotopic (exact) mass is 239 g/mol. The molecule has 0 saturated heterocycles. The highest BCUT2D eigenvalue weighted by atomic mass is 16.1. The summed E-state index contributed by atoms with van der Waals surface area (Å²) in [4.78, 5) is 11.0. The van der Waals surface area contributed by atoms with E-state index in [4.69, 9.17) is 0 Å². The average Bonchev–Trinajstić information content (AvgIpc) is 2.30. The second-order valence-corrected chi connectivity index (χ2v) is 5.62. The summed E-state index contributed by atoms with van der Waals surface area (Å²) in [5.74, 6) is 1.06. The zero-order valence-corrected chi connectivity index (χ0v) is 11.6. The molecule has 1 rings (SSSR count). The Balaban J connectivity index is 2.01. The summed E-state index contributed by atoms with van der Waals surface area (Å²) in [6, 6.07) is 0.462. The first-order valence-corrected chi connectivity index (χ1v) is 7.49. The van der Waals surface area contributed by atoms with Crippen LogP contribution in [0, 0.1) is 5.92 Å². The SMILES string of the molecule is CCCCCCCC1CCC(NC(C)=O)CC1. The van der Waals surface area contributed by atoms with E-state index < -0.39 is 0 Å². The maximum absolute atomic E-state index is 11.0. The van der Waals surface area contributed by atoms with E-state index in [1.165, 1.54) is 64.2 Å². The Hall–Kier alpha value is -0.530. The summed E-state index contributed by atoms with van der Waals surface area (Å²) in [6.45, 7) is 3.89. The first-order chi connectivity index (χ1) is 8.22. The Bertz CT molecular complexity index is 207. The van der Waals surface area contributed by atoms with Gasteiger partial charge in [0.2, 0.25) is 5.91 Å². The molecule has 2 heteroatoms. The maximum Gasteiger partial charge on any atom is 0.217 e. The Morgan fingerprint density at radius 2 is 1.71 bits per heavy atom. The van der Waals surface area contributed by atoms with Crippen molar-refractivity contribution in [1.82, 2.24) is 5.32 Å². The van der Waals surface area contributed by atoms with Crippen LogP contribution < -0.4 is 5.32 Å². The summed E-state index contributed by atoms with van der Waals surface area (Å²) < 4.78 is 0. The molecule has 17 heavy (non-hydrogen) atoms. The third-order valence-electron chi connectivity index (χ3n) is 3.97. The molecule has 0 unspecified atom stereocenters. The van der Waals surface area contributed by atoms with Gasteiger partial charge in [0.25, 0.3) is 0 Å². The molecule has 0 aliphatic heterocycles. The summed E-state index contributed by atoms with van der Waals surface area (Å²) in [6.07, 6.45) is 13.4. The van der Waals surface area contributed by atoms with Crippen molar-refractivity contribution in [3.8, 4) is 0 Å². The lowest BCUT2D eigenvalue weighted by molar-refractivity contribution is -0.119. The van der Waals surface area contributed by atoms with Crippen LogP contribution >= 0.6 is 0 Å². The number of carbonyl (C=O) groups excluding carboxylic acids is 1. The van der Waals surface area contributed by atoms with Crippen LogP contribution in [0.5, 0.6) is 0 Å². The van der Waals surface area contributed by atoms with Gasteiger partial charge in [-0.2, -0.15) is 0 Å². The van der Waals surface area contributed by atoms with E-state index in [-0.39, 0.29) is 5.91 Å². The molecule has 0 atom stereocenters. The van der Waals surface area contributed by atoms with Gasteiger partial charge >= 0.3 is 0 Å². The molecule has 0 aromatic heterocycles. The second kappa shape index (κ2) is 8.54. The summed E-state index contributed by atoms with van der Waals surface area (Å²) >= 11 is 0. The second-order valence-electron chi connectivity index (χ2n) is 5.62. The lowest BCUT2D eigenvalue weighted by Gasteiger charge is -2.28. The third-order valence-corrected chi connectivity index (χ3v) is 3.97. The van der Waals surface area contributed by atoms with E-state index in [9.17, 15) is 4.79 Å². The average molecular weight is 239 g/mol. The fourth-order valence-corrected chi connectivity index (χ4v) is 2.92. The lowest BCUT2D eigenvalue weighted by atomic mass is 9.83. The minimum absolute atomic E-state index is 0.132.